The van der Waals surface area contributed by atoms with Gasteiger partial charge in [0.2, 0.25) is 0 Å². The van der Waals surface area contributed by atoms with E-state index in [4.69, 9.17) is 13.7 Å². The molecule has 110 valence electrons. The van der Waals surface area contributed by atoms with E-state index in [-0.39, 0.29) is 18.3 Å². The summed E-state index contributed by atoms with van der Waals surface area (Å²) in [6, 6.07) is 0. The highest BCUT2D eigenvalue weighted by Gasteiger charge is 2.63. The Morgan fingerprint density at radius 3 is 2.58 bits per heavy atom. The highest BCUT2D eigenvalue weighted by molar-refractivity contribution is 7.85. The zero-order valence-corrected chi connectivity index (χ0v) is 12.5. The first kappa shape index (κ1) is 13.8. The average molecular weight is 290 g/mol. The van der Waals surface area contributed by atoms with Gasteiger partial charge in [-0.2, -0.15) is 8.42 Å². The molecule has 4 aliphatic rings. The zero-order valence-electron chi connectivity index (χ0n) is 11.7. The van der Waals surface area contributed by atoms with Gasteiger partial charge < -0.3 is 9.47 Å². The normalized spacial score (nSPS) is 43.6. The molecule has 5 nitrogen and oxygen atoms in total. The second-order valence-corrected chi connectivity index (χ2v) is 8.25. The number of rotatable bonds is 4. The first-order valence-electron chi connectivity index (χ1n) is 6.93. The summed E-state index contributed by atoms with van der Waals surface area (Å²) in [5.41, 5.74) is -0.344. The van der Waals surface area contributed by atoms with Crippen LogP contribution in [0.3, 0.4) is 0 Å². The third-order valence-electron chi connectivity index (χ3n) is 4.67. The molecule has 0 unspecified atom stereocenters. The molecule has 0 aromatic carbocycles. The summed E-state index contributed by atoms with van der Waals surface area (Å²) in [4.78, 5) is 0. The van der Waals surface area contributed by atoms with Crippen molar-refractivity contribution in [3.8, 4) is 0 Å². The van der Waals surface area contributed by atoms with Gasteiger partial charge in [-0.1, -0.05) is 0 Å². The minimum Gasteiger partial charge on any atom is -0.344 e. The molecule has 2 atom stereocenters. The SMILES string of the molecule is CC1(C)O[C@H]2CC3CC(C3)[C@@]2(CCOS(C)(=O)=O)O1. The molecule has 0 radical (unpaired) electrons. The Hall–Kier alpha value is -0.170. The van der Waals surface area contributed by atoms with Crippen LogP contribution in [0.2, 0.25) is 0 Å². The Balaban J connectivity index is 1.74. The van der Waals surface area contributed by atoms with Gasteiger partial charge in [0.25, 0.3) is 10.1 Å². The first-order chi connectivity index (χ1) is 8.70. The largest absolute Gasteiger partial charge is 0.344 e. The predicted molar refractivity (Wildman–Crippen MR) is 69.0 cm³/mol. The molecule has 1 heterocycles. The fourth-order valence-electron chi connectivity index (χ4n) is 3.98. The third kappa shape index (κ3) is 2.44. The van der Waals surface area contributed by atoms with Crippen LogP contribution in [-0.2, 0) is 23.8 Å². The van der Waals surface area contributed by atoms with Crippen LogP contribution in [0.1, 0.15) is 39.5 Å². The van der Waals surface area contributed by atoms with E-state index in [2.05, 4.69) is 0 Å². The van der Waals surface area contributed by atoms with Gasteiger partial charge >= 0.3 is 0 Å². The van der Waals surface area contributed by atoms with Crippen molar-refractivity contribution in [2.24, 2.45) is 11.8 Å². The Labute approximate surface area is 114 Å². The summed E-state index contributed by atoms with van der Waals surface area (Å²) in [5, 5.41) is 0. The van der Waals surface area contributed by atoms with E-state index in [0.29, 0.717) is 12.3 Å². The first-order valence-corrected chi connectivity index (χ1v) is 8.74. The van der Waals surface area contributed by atoms with Crippen LogP contribution < -0.4 is 0 Å². The Morgan fingerprint density at radius 2 is 1.95 bits per heavy atom. The Bertz CT molecular complexity index is 465. The molecule has 19 heavy (non-hydrogen) atoms. The molecule has 2 bridgehead atoms. The monoisotopic (exact) mass is 290 g/mol. The van der Waals surface area contributed by atoms with Crippen LogP contribution in [0, 0.1) is 11.8 Å². The zero-order chi connectivity index (χ0) is 13.9. The molecular formula is C13H22O5S. The second-order valence-electron chi connectivity index (χ2n) is 6.61. The van der Waals surface area contributed by atoms with Gasteiger partial charge in [-0.05, 0) is 44.9 Å². The molecule has 0 N–H and O–H groups in total. The lowest BCUT2D eigenvalue weighted by atomic mass is 9.55. The van der Waals surface area contributed by atoms with E-state index in [9.17, 15) is 8.42 Å². The van der Waals surface area contributed by atoms with Gasteiger partial charge in [-0.15, -0.1) is 0 Å². The molecule has 3 aliphatic carbocycles. The molecule has 1 saturated heterocycles. The number of ether oxygens (including phenoxy) is 2. The average Bonchev–Trinajstić information content (AvgIpc) is 2.43. The van der Waals surface area contributed by atoms with Crippen LogP contribution in [0.4, 0.5) is 0 Å². The van der Waals surface area contributed by atoms with Crippen molar-refractivity contribution in [3.63, 3.8) is 0 Å². The molecule has 0 aromatic rings. The van der Waals surface area contributed by atoms with Gasteiger partial charge in [0.15, 0.2) is 5.79 Å². The second kappa shape index (κ2) is 4.16. The van der Waals surface area contributed by atoms with E-state index < -0.39 is 15.9 Å². The van der Waals surface area contributed by atoms with Crippen molar-refractivity contribution in [2.75, 3.05) is 12.9 Å². The summed E-state index contributed by atoms with van der Waals surface area (Å²) in [6.45, 7) is 4.04. The van der Waals surface area contributed by atoms with E-state index >= 15 is 0 Å². The summed E-state index contributed by atoms with van der Waals surface area (Å²) < 4.78 is 39.3. The summed E-state index contributed by atoms with van der Waals surface area (Å²) in [5.74, 6) is 0.672. The minimum absolute atomic E-state index is 0.0863. The van der Waals surface area contributed by atoms with Crippen molar-refractivity contribution in [1.29, 1.82) is 0 Å². The fourth-order valence-corrected chi connectivity index (χ4v) is 4.37. The lowest BCUT2D eigenvalue weighted by Crippen LogP contribution is -2.58. The highest BCUT2D eigenvalue weighted by atomic mass is 32.2. The number of hydrogen-bond donors (Lipinski definition) is 0. The standard InChI is InChI=1S/C13H22O5S/c1-12(2)17-11-8-9-6-10(7-9)13(11,18-12)4-5-16-19(3,14)15/h9-11H,4-8H2,1-3H3/t9?,10?,11-,13+/m0/s1. The maximum atomic E-state index is 11.1. The topological polar surface area (TPSA) is 61.8 Å². The van der Waals surface area contributed by atoms with Gasteiger partial charge in [0.1, 0.15) is 5.60 Å². The quantitative estimate of drug-likeness (QED) is 0.737. The molecular weight excluding hydrogens is 268 g/mol. The van der Waals surface area contributed by atoms with E-state index in [0.717, 1.165) is 18.6 Å². The maximum Gasteiger partial charge on any atom is 0.264 e. The maximum absolute atomic E-state index is 11.1. The highest BCUT2D eigenvalue weighted by Crippen LogP contribution is 2.59. The van der Waals surface area contributed by atoms with Crippen molar-refractivity contribution >= 4 is 10.1 Å². The van der Waals surface area contributed by atoms with E-state index in [1.807, 2.05) is 13.8 Å². The van der Waals surface area contributed by atoms with Crippen LogP contribution in [-0.4, -0.2) is 38.8 Å². The molecule has 6 heteroatoms. The Kier molecular flexibility index (Phi) is 3.02. The van der Waals surface area contributed by atoms with E-state index in [1.165, 1.54) is 12.8 Å². The summed E-state index contributed by atoms with van der Waals surface area (Å²) in [7, 11) is -3.39. The van der Waals surface area contributed by atoms with E-state index in [1.54, 1.807) is 0 Å². The fraction of sp³-hybridized carbons (Fsp3) is 1.00. The van der Waals surface area contributed by atoms with Crippen molar-refractivity contribution in [3.05, 3.63) is 0 Å². The molecule has 1 aliphatic heterocycles. The molecule has 4 rings (SSSR count). The van der Waals surface area contributed by atoms with Gasteiger partial charge in [-0.3, -0.25) is 4.18 Å². The van der Waals surface area contributed by atoms with Gasteiger partial charge in [-0.25, -0.2) is 0 Å². The van der Waals surface area contributed by atoms with Crippen LogP contribution in [0.15, 0.2) is 0 Å². The molecule has 0 aromatic heterocycles. The van der Waals surface area contributed by atoms with Crippen molar-refractivity contribution in [2.45, 2.75) is 57.0 Å². The van der Waals surface area contributed by atoms with Gasteiger partial charge in [0.05, 0.1) is 19.0 Å². The molecule has 0 amide bonds. The summed E-state index contributed by atoms with van der Waals surface area (Å²) >= 11 is 0. The van der Waals surface area contributed by atoms with Crippen LogP contribution in [0.5, 0.6) is 0 Å². The Morgan fingerprint density at radius 1 is 1.26 bits per heavy atom. The lowest BCUT2D eigenvalue weighted by Gasteiger charge is -2.54. The minimum atomic E-state index is -3.39. The van der Waals surface area contributed by atoms with Crippen molar-refractivity contribution < 1.29 is 22.1 Å². The van der Waals surface area contributed by atoms with Crippen LogP contribution in [0.25, 0.3) is 0 Å². The van der Waals surface area contributed by atoms with Crippen molar-refractivity contribution in [1.82, 2.24) is 0 Å². The third-order valence-corrected chi connectivity index (χ3v) is 5.27. The lowest BCUT2D eigenvalue weighted by molar-refractivity contribution is -0.189. The molecule has 4 fully saturated rings. The summed E-state index contributed by atoms with van der Waals surface area (Å²) in [6.07, 6.45) is 5.13. The smallest absolute Gasteiger partial charge is 0.264 e. The van der Waals surface area contributed by atoms with Crippen LogP contribution >= 0.6 is 0 Å². The molecule has 3 saturated carbocycles. The molecule has 0 spiro atoms. The number of hydrogen-bond acceptors (Lipinski definition) is 5. The predicted octanol–water partition coefficient (Wildman–Crippen LogP) is 1.67. The van der Waals surface area contributed by atoms with Gasteiger partial charge in [0, 0.05) is 6.42 Å².